The largest absolute Gasteiger partial charge is 0.382 e. The number of aromatic nitrogens is 4. The Morgan fingerprint density at radius 2 is 1.83 bits per heavy atom. The zero-order valence-corrected chi connectivity index (χ0v) is 21.5. The third kappa shape index (κ3) is 4.98. The lowest BCUT2D eigenvalue weighted by molar-refractivity contribution is -0.198. The van der Waals surface area contributed by atoms with E-state index in [0.29, 0.717) is 0 Å². The van der Waals surface area contributed by atoms with Gasteiger partial charge in [-0.15, -0.1) is 0 Å². The van der Waals surface area contributed by atoms with E-state index in [0.717, 1.165) is 4.72 Å². The number of rotatable bonds is 7. The van der Waals surface area contributed by atoms with Gasteiger partial charge in [-0.3, -0.25) is 13.5 Å². The van der Waals surface area contributed by atoms with Gasteiger partial charge < -0.3 is 19.9 Å². The van der Waals surface area contributed by atoms with Crippen molar-refractivity contribution in [2.24, 2.45) is 5.11 Å². The van der Waals surface area contributed by atoms with Crippen LogP contribution in [0.5, 0.6) is 0 Å². The van der Waals surface area contributed by atoms with Gasteiger partial charge >= 0.3 is 10.3 Å². The molecule has 0 radical (unpaired) electrons. The van der Waals surface area contributed by atoms with Gasteiger partial charge in [-0.25, -0.2) is 37.2 Å². The van der Waals surface area contributed by atoms with E-state index in [9.17, 15) is 30.8 Å². The molecule has 3 aromatic rings. The molecule has 41 heavy (non-hydrogen) atoms. The van der Waals surface area contributed by atoms with E-state index in [1.165, 1.54) is 17.2 Å². The van der Waals surface area contributed by atoms with Crippen molar-refractivity contribution in [1.82, 2.24) is 24.2 Å². The van der Waals surface area contributed by atoms with Gasteiger partial charge in [-0.2, -0.15) is 8.42 Å². The quantitative estimate of drug-likeness (QED) is 0.131. The predicted octanol–water partition coefficient (Wildman–Crippen LogP) is 2.02. The molecule has 0 spiro atoms. The van der Waals surface area contributed by atoms with E-state index in [-0.39, 0.29) is 17.0 Å². The summed E-state index contributed by atoms with van der Waals surface area (Å²) in [5, 5.41) is 2.48. The zero-order valence-electron chi connectivity index (χ0n) is 20.7. The Morgan fingerprint density at radius 1 is 1.17 bits per heavy atom. The van der Waals surface area contributed by atoms with Gasteiger partial charge in [0.05, 0.1) is 12.9 Å². The number of anilines is 1. The average molecular weight is 603 g/mol. The number of halogens is 4. The maximum atomic E-state index is 14.3. The standard InChI is InChI=1S/C20H17F4N9O7S/c1-20(2)39-14-6(38-19(15(14)40-20)33-5-29-13-16(25)27-4-28-17(13)33)3-37-41(35,36)31-18(34)7-8(21)10(23)12(30-32-26)11(24)9(7)22/h4-6,14-15,19H,3H2,1-2H3,(H,31,34)(H2,25,27,28)/t6-,14-,15-,19-/m1/s1. The van der Waals surface area contributed by atoms with E-state index >= 15 is 0 Å². The SMILES string of the molecule is CC1(C)O[C@@H]2[C@H](O1)[C@@H](COS(=O)(=O)NC(=O)c1c(F)c(F)c(N=[N+]=[N-])c(F)c1F)O[C@H]2n1cnc2c(N)ncnc21. The molecule has 4 atom stereocenters. The maximum absolute atomic E-state index is 14.3. The summed E-state index contributed by atoms with van der Waals surface area (Å²) in [6.45, 7) is 2.38. The third-order valence-electron chi connectivity index (χ3n) is 6.00. The van der Waals surface area contributed by atoms with E-state index in [1.807, 2.05) is 4.91 Å². The highest BCUT2D eigenvalue weighted by Crippen LogP contribution is 2.44. The summed E-state index contributed by atoms with van der Waals surface area (Å²) in [6, 6.07) is 0. The second-order valence-electron chi connectivity index (χ2n) is 9.05. The van der Waals surface area contributed by atoms with Crippen molar-refractivity contribution in [3.8, 4) is 0 Å². The Balaban J connectivity index is 1.35. The molecule has 16 nitrogen and oxygen atoms in total. The highest BCUT2D eigenvalue weighted by Gasteiger charge is 2.56. The number of nitrogens with zero attached hydrogens (tertiary/aromatic N) is 7. The number of imidazole rings is 1. The number of hydrogen-bond donors (Lipinski definition) is 2. The summed E-state index contributed by atoms with van der Waals surface area (Å²) in [5.41, 5.74) is 11.0. The fourth-order valence-corrected chi connectivity index (χ4v) is 5.08. The number of fused-ring (bicyclic) bond motifs is 2. The van der Waals surface area contributed by atoms with Crippen LogP contribution in [0.25, 0.3) is 21.6 Å². The number of carbonyl (C=O) groups is 1. The van der Waals surface area contributed by atoms with E-state index in [4.69, 9.17) is 29.7 Å². The highest BCUT2D eigenvalue weighted by molar-refractivity contribution is 7.85. The monoisotopic (exact) mass is 603 g/mol. The lowest BCUT2D eigenvalue weighted by Gasteiger charge is -2.24. The fourth-order valence-electron chi connectivity index (χ4n) is 4.38. The number of nitrogens with one attached hydrogen (secondary N) is 1. The number of azide groups is 1. The Labute approximate surface area is 226 Å². The molecule has 0 bridgehead atoms. The third-order valence-corrected chi connectivity index (χ3v) is 6.89. The zero-order chi connectivity index (χ0) is 29.9. The van der Waals surface area contributed by atoms with Crippen LogP contribution in [0.1, 0.15) is 30.4 Å². The minimum Gasteiger partial charge on any atom is -0.382 e. The molecule has 2 fully saturated rings. The first-order valence-electron chi connectivity index (χ1n) is 11.3. The van der Waals surface area contributed by atoms with Gasteiger partial charge in [-0.1, -0.05) is 5.11 Å². The molecule has 218 valence electrons. The smallest absolute Gasteiger partial charge is 0.362 e. The number of amides is 1. The normalized spacial score (nSPS) is 23.4. The number of benzene rings is 1. The van der Waals surface area contributed by atoms with Crippen LogP contribution >= 0.6 is 0 Å². The number of hydrogen-bond acceptors (Lipinski definition) is 12. The second-order valence-corrected chi connectivity index (χ2v) is 10.4. The van der Waals surface area contributed by atoms with Gasteiger partial charge in [0.25, 0.3) is 5.91 Å². The molecule has 21 heteroatoms. The molecule has 3 N–H and O–H groups in total. The first-order valence-corrected chi connectivity index (χ1v) is 12.7. The van der Waals surface area contributed by atoms with Crippen molar-refractivity contribution in [1.29, 1.82) is 0 Å². The second kappa shape index (κ2) is 10.0. The van der Waals surface area contributed by atoms with Crippen molar-refractivity contribution in [3.05, 3.63) is 51.9 Å². The summed E-state index contributed by atoms with van der Waals surface area (Å²) in [4.78, 5) is 26.5. The fraction of sp³-hybridized carbons (Fsp3) is 0.400. The van der Waals surface area contributed by atoms with Crippen LogP contribution in [0.15, 0.2) is 17.8 Å². The van der Waals surface area contributed by atoms with Crippen LogP contribution < -0.4 is 10.5 Å². The van der Waals surface area contributed by atoms with E-state index in [1.54, 1.807) is 13.8 Å². The predicted molar refractivity (Wildman–Crippen MR) is 125 cm³/mol. The van der Waals surface area contributed by atoms with Gasteiger partial charge in [0.2, 0.25) is 0 Å². The molecular weight excluding hydrogens is 586 g/mol. The van der Waals surface area contributed by atoms with Gasteiger partial charge in [0.15, 0.2) is 46.7 Å². The minimum absolute atomic E-state index is 0.0917. The van der Waals surface area contributed by atoms with Crippen molar-refractivity contribution in [3.63, 3.8) is 0 Å². The Morgan fingerprint density at radius 3 is 2.49 bits per heavy atom. The molecule has 2 saturated heterocycles. The highest BCUT2D eigenvalue weighted by atomic mass is 32.2. The Hall–Kier alpha value is -4.14. The van der Waals surface area contributed by atoms with Gasteiger partial charge in [-0.05, 0) is 19.4 Å². The molecule has 0 saturated carbocycles. The van der Waals surface area contributed by atoms with Crippen LogP contribution in [-0.4, -0.2) is 64.5 Å². The number of carbonyl (C=O) groups excluding carboxylic acids is 1. The van der Waals surface area contributed by atoms with Crippen molar-refractivity contribution in [2.45, 2.75) is 44.2 Å². The Kier molecular flexibility index (Phi) is 6.96. The van der Waals surface area contributed by atoms with Crippen LogP contribution in [0.2, 0.25) is 0 Å². The lowest BCUT2D eigenvalue weighted by atomic mass is 10.1. The van der Waals surface area contributed by atoms with E-state index in [2.05, 4.69) is 20.1 Å². The first-order chi connectivity index (χ1) is 19.2. The van der Waals surface area contributed by atoms with Crippen molar-refractivity contribution >= 4 is 38.9 Å². The average Bonchev–Trinajstić information content (AvgIpc) is 3.55. The molecule has 2 aromatic heterocycles. The molecule has 4 heterocycles. The van der Waals surface area contributed by atoms with Crippen LogP contribution in [0, 0.1) is 23.3 Å². The van der Waals surface area contributed by atoms with Crippen LogP contribution in [-0.2, 0) is 28.7 Å². The molecule has 2 aliphatic heterocycles. The number of ether oxygens (including phenoxy) is 3. The molecule has 1 aromatic carbocycles. The minimum atomic E-state index is -5.16. The van der Waals surface area contributed by atoms with Crippen LogP contribution in [0.3, 0.4) is 0 Å². The summed E-state index contributed by atoms with van der Waals surface area (Å²) in [7, 11) is -5.16. The molecule has 2 aliphatic rings. The molecule has 5 rings (SSSR count). The molecule has 1 amide bonds. The van der Waals surface area contributed by atoms with Crippen molar-refractivity contribution < 1.29 is 49.2 Å². The summed E-state index contributed by atoms with van der Waals surface area (Å²) in [5.74, 6) is -12.2. The lowest BCUT2D eigenvalue weighted by Crippen LogP contribution is -2.38. The number of nitrogen functional groups attached to an aromatic ring is 1. The van der Waals surface area contributed by atoms with Gasteiger partial charge in [0, 0.05) is 4.91 Å². The van der Waals surface area contributed by atoms with Crippen molar-refractivity contribution in [2.75, 3.05) is 12.3 Å². The van der Waals surface area contributed by atoms with Gasteiger partial charge in [0.1, 0.15) is 41.4 Å². The van der Waals surface area contributed by atoms with E-state index < -0.39 is 87.7 Å². The molecule has 0 unspecified atom stereocenters. The number of nitrogens with two attached hydrogens (primary N) is 1. The van der Waals surface area contributed by atoms with Crippen LogP contribution in [0.4, 0.5) is 29.1 Å². The topological polar surface area (TPSA) is 219 Å². The first kappa shape index (κ1) is 28.4. The molecular formula is C20H17F4N9O7S. The summed E-state index contributed by atoms with van der Waals surface area (Å²) < 4.78 is 107. The summed E-state index contributed by atoms with van der Waals surface area (Å²) >= 11 is 0. The molecule has 0 aliphatic carbocycles. The summed E-state index contributed by atoms with van der Waals surface area (Å²) in [6.07, 6.45) is -1.36. The maximum Gasteiger partial charge on any atom is 0.362 e. The Bertz CT molecular complexity index is 1700.